The standard InChI is InChI=1S/C31H27N3O2/c32-28-13-7-8-14-29(28)33-30(35)25-16-15-23-17-18-34(21-26(23)20-25)31(36)27(24-11-5-2-6-12-24)19-22-9-3-1-4-10-22/h1-16,19-20H,17-18,21,32H2,(H,33,35)/b27-19+. The van der Waals surface area contributed by atoms with E-state index in [4.69, 9.17) is 5.73 Å². The number of anilines is 2. The molecule has 0 atom stereocenters. The highest BCUT2D eigenvalue weighted by Crippen LogP contribution is 2.27. The van der Waals surface area contributed by atoms with E-state index >= 15 is 0 Å². The summed E-state index contributed by atoms with van der Waals surface area (Å²) in [6.45, 7) is 1.07. The zero-order valence-corrected chi connectivity index (χ0v) is 19.9. The van der Waals surface area contributed by atoms with Gasteiger partial charge in [-0.1, -0.05) is 78.9 Å². The van der Waals surface area contributed by atoms with Gasteiger partial charge in [0.2, 0.25) is 0 Å². The molecule has 1 aliphatic rings. The molecule has 5 nitrogen and oxygen atoms in total. The Morgan fingerprint density at radius 3 is 2.22 bits per heavy atom. The highest BCUT2D eigenvalue weighted by molar-refractivity contribution is 6.24. The summed E-state index contributed by atoms with van der Waals surface area (Å²) in [5.41, 5.74) is 12.2. The minimum Gasteiger partial charge on any atom is -0.397 e. The van der Waals surface area contributed by atoms with Crippen LogP contribution >= 0.6 is 0 Å². The number of hydrogen-bond donors (Lipinski definition) is 2. The van der Waals surface area contributed by atoms with Crippen LogP contribution in [-0.2, 0) is 17.8 Å². The molecule has 5 heteroatoms. The molecule has 2 amide bonds. The van der Waals surface area contributed by atoms with Gasteiger partial charge in [0.1, 0.15) is 0 Å². The van der Waals surface area contributed by atoms with E-state index in [1.807, 2.05) is 102 Å². The first-order valence-corrected chi connectivity index (χ1v) is 12.0. The summed E-state index contributed by atoms with van der Waals surface area (Å²) in [5.74, 6) is -0.254. The number of para-hydroxylation sites is 2. The Bertz CT molecular complexity index is 1430. The quantitative estimate of drug-likeness (QED) is 0.224. The van der Waals surface area contributed by atoms with E-state index in [1.54, 1.807) is 12.1 Å². The Labute approximate surface area is 210 Å². The van der Waals surface area contributed by atoms with Crippen molar-refractivity contribution in [1.82, 2.24) is 4.90 Å². The Kier molecular flexibility index (Phi) is 6.63. The maximum absolute atomic E-state index is 13.8. The average molecular weight is 474 g/mol. The molecule has 4 aromatic carbocycles. The first-order chi connectivity index (χ1) is 17.6. The number of rotatable bonds is 5. The van der Waals surface area contributed by atoms with E-state index in [0.29, 0.717) is 35.6 Å². The summed E-state index contributed by atoms with van der Waals surface area (Å²) >= 11 is 0. The molecule has 1 aliphatic heterocycles. The van der Waals surface area contributed by atoms with Crippen LogP contribution in [0.15, 0.2) is 103 Å². The van der Waals surface area contributed by atoms with Gasteiger partial charge < -0.3 is 16.0 Å². The lowest BCUT2D eigenvalue weighted by Crippen LogP contribution is -2.36. The Hall–Kier alpha value is -4.64. The van der Waals surface area contributed by atoms with Crippen LogP contribution in [0.1, 0.15) is 32.6 Å². The smallest absolute Gasteiger partial charge is 0.255 e. The van der Waals surface area contributed by atoms with E-state index in [1.165, 1.54) is 0 Å². The largest absolute Gasteiger partial charge is 0.397 e. The van der Waals surface area contributed by atoms with Crippen LogP contribution in [0.3, 0.4) is 0 Å². The number of nitrogen functional groups attached to an aromatic ring is 1. The maximum atomic E-state index is 13.8. The monoisotopic (exact) mass is 473 g/mol. The number of nitrogens with zero attached hydrogens (tertiary/aromatic N) is 1. The zero-order chi connectivity index (χ0) is 24.9. The number of carbonyl (C=O) groups is 2. The molecule has 4 aromatic rings. The fraction of sp³-hybridized carbons (Fsp3) is 0.0968. The van der Waals surface area contributed by atoms with Crippen LogP contribution in [-0.4, -0.2) is 23.3 Å². The van der Waals surface area contributed by atoms with Gasteiger partial charge in [-0.05, 0) is 59.0 Å². The molecule has 1 heterocycles. The third-order valence-electron chi connectivity index (χ3n) is 6.40. The second-order valence-electron chi connectivity index (χ2n) is 8.84. The molecule has 178 valence electrons. The summed E-state index contributed by atoms with van der Waals surface area (Å²) in [6.07, 6.45) is 2.68. The van der Waals surface area contributed by atoms with Crippen LogP contribution < -0.4 is 11.1 Å². The number of carbonyl (C=O) groups excluding carboxylic acids is 2. The third-order valence-corrected chi connectivity index (χ3v) is 6.40. The van der Waals surface area contributed by atoms with Gasteiger partial charge in [-0.25, -0.2) is 0 Å². The van der Waals surface area contributed by atoms with Gasteiger partial charge in [-0.2, -0.15) is 0 Å². The molecule has 0 spiro atoms. The van der Waals surface area contributed by atoms with Crippen molar-refractivity contribution in [2.45, 2.75) is 13.0 Å². The SMILES string of the molecule is Nc1ccccc1NC(=O)c1ccc2c(c1)CN(C(=O)/C(=C/c1ccccc1)c1ccccc1)CC2. The van der Waals surface area contributed by atoms with Crippen molar-refractivity contribution in [2.75, 3.05) is 17.6 Å². The second kappa shape index (κ2) is 10.3. The van der Waals surface area contributed by atoms with E-state index in [-0.39, 0.29) is 11.8 Å². The first-order valence-electron chi connectivity index (χ1n) is 12.0. The first kappa shape index (κ1) is 23.1. The van der Waals surface area contributed by atoms with Crippen molar-refractivity contribution in [2.24, 2.45) is 0 Å². The molecule has 0 fully saturated rings. The van der Waals surface area contributed by atoms with E-state index in [2.05, 4.69) is 5.32 Å². The van der Waals surface area contributed by atoms with Gasteiger partial charge in [0, 0.05) is 24.2 Å². The Morgan fingerprint density at radius 1 is 0.778 bits per heavy atom. The summed E-state index contributed by atoms with van der Waals surface area (Å²) in [7, 11) is 0. The van der Waals surface area contributed by atoms with Gasteiger partial charge in [0.05, 0.1) is 11.4 Å². The molecule has 3 N–H and O–H groups in total. The summed E-state index contributed by atoms with van der Waals surface area (Å²) < 4.78 is 0. The molecule has 0 aliphatic carbocycles. The molecular weight excluding hydrogens is 446 g/mol. The number of amides is 2. The predicted octanol–water partition coefficient (Wildman–Crippen LogP) is 5.65. The lowest BCUT2D eigenvalue weighted by molar-refractivity contribution is -0.125. The summed E-state index contributed by atoms with van der Waals surface area (Å²) in [6, 6.07) is 32.5. The number of nitrogens with two attached hydrogens (primary N) is 1. The lowest BCUT2D eigenvalue weighted by Gasteiger charge is -2.30. The highest BCUT2D eigenvalue weighted by atomic mass is 16.2. The lowest BCUT2D eigenvalue weighted by atomic mass is 9.95. The van der Waals surface area contributed by atoms with E-state index < -0.39 is 0 Å². The molecule has 0 bridgehead atoms. The minimum atomic E-state index is -0.229. The second-order valence-corrected chi connectivity index (χ2v) is 8.84. The van der Waals surface area contributed by atoms with Crippen molar-refractivity contribution in [3.8, 4) is 0 Å². The van der Waals surface area contributed by atoms with Crippen molar-refractivity contribution < 1.29 is 9.59 Å². The van der Waals surface area contributed by atoms with Gasteiger partial charge in [0.15, 0.2) is 0 Å². The molecule has 0 unspecified atom stereocenters. The maximum Gasteiger partial charge on any atom is 0.255 e. The van der Waals surface area contributed by atoms with Crippen molar-refractivity contribution in [3.63, 3.8) is 0 Å². The number of nitrogens with one attached hydrogen (secondary N) is 1. The molecule has 0 saturated heterocycles. The third kappa shape index (κ3) is 5.05. The molecule has 0 saturated carbocycles. The summed E-state index contributed by atoms with van der Waals surface area (Å²) in [4.78, 5) is 28.5. The van der Waals surface area contributed by atoms with E-state index in [0.717, 1.165) is 28.7 Å². The topological polar surface area (TPSA) is 75.4 Å². The fourth-order valence-corrected chi connectivity index (χ4v) is 4.45. The van der Waals surface area contributed by atoms with Crippen LogP contribution in [0.2, 0.25) is 0 Å². The number of fused-ring (bicyclic) bond motifs is 1. The molecule has 36 heavy (non-hydrogen) atoms. The molecular formula is C31H27N3O2. The average Bonchev–Trinajstić information content (AvgIpc) is 2.93. The zero-order valence-electron chi connectivity index (χ0n) is 19.9. The fourth-order valence-electron chi connectivity index (χ4n) is 4.45. The highest BCUT2D eigenvalue weighted by Gasteiger charge is 2.25. The van der Waals surface area contributed by atoms with E-state index in [9.17, 15) is 9.59 Å². The van der Waals surface area contributed by atoms with Gasteiger partial charge in [0.25, 0.3) is 11.8 Å². The van der Waals surface area contributed by atoms with Gasteiger partial charge in [-0.15, -0.1) is 0 Å². The normalized spacial score (nSPS) is 13.1. The Balaban J connectivity index is 1.40. The number of benzene rings is 4. The van der Waals surface area contributed by atoms with Crippen molar-refractivity contribution >= 4 is 34.8 Å². The van der Waals surface area contributed by atoms with Crippen LogP contribution in [0.25, 0.3) is 11.6 Å². The molecule has 0 radical (unpaired) electrons. The van der Waals surface area contributed by atoms with Gasteiger partial charge in [-0.3, -0.25) is 9.59 Å². The molecule has 5 rings (SSSR count). The van der Waals surface area contributed by atoms with Crippen molar-refractivity contribution in [1.29, 1.82) is 0 Å². The van der Waals surface area contributed by atoms with Crippen LogP contribution in [0.4, 0.5) is 11.4 Å². The summed E-state index contributed by atoms with van der Waals surface area (Å²) in [5, 5.41) is 2.88. The predicted molar refractivity (Wildman–Crippen MR) is 145 cm³/mol. The Morgan fingerprint density at radius 2 is 1.47 bits per heavy atom. The molecule has 0 aromatic heterocycles. The van der Waals surface area contributed by atoms with Crippen molar-refractivity contribution in [3.05, 3.63) is 131 Å². The van der Waals surface area contributed by atoms with Crippen LogP contribution in [0.5, 0.6) is 0 Å². The number of hydrogen-bond acceptors (Lipinski definition) is 3. The minimum absolute atomic E-state index is 0.0254. The van der Waals surface area contributed by atoms with Gasteiger partial charge >= 0.3 is 0 Å². The van der Waals surface area contributed by atoms with Crippen LogP contribution in [0, 0.1) is 0 Å².